The number of nitrogens with one attached hydrogen (secondary N) is 1. The van der Waals surface area contributed by atoms with Gasteiger partial charge in [-0.2, -0.15) is 0 Å². The van der Waals surface area contributed by atoms with Gasteiger partial charge in [0.05, 0.1) is 18.6 Å². The molecule has 1 heterocycles. The van der Waals surface area contributed by atoms with E-state index < -0.39 is 0 Å². The third-order valence-corrected chi connectivity index (χ3v) is 6.01. The SMILES string of the molecule is CC(C)(C)c1cccc(COCC2(c3ccccc3)CCNCC2Cl)c1. The van der Waals surface area contributed by atoms with Gasteiger partial charge in [-0.3, -0.25) is 0 Å². The summed E-state index contributed by atoms with van der Waals surface area (Å²) < 4.78 is 6.24. The lowest BCUT2D eigenvalue weighted by atomic mass is 9.73. The lowest BCUT2D eigenvalue weighted by molar-refractivity contribution is 0.0583. The van der Waals surface area contributed by atoms with Crippen molar-refractivity contribution in [2.45, 2.75) is 50.0 Å². The van der Waals surface area contributed by atoms with Gasteiger partial charge in [0.15, 0.2) is 0 Å². The Bertz CT molecular complexity index is 710. The quantitative estimate of drug-likeness (QED) is 0.743. The third kappa shape index (κ3) is 4.31. The number of hydrogen-bond acceptors (Lipinski definition) is 2. The van der Waals surface area contributed by atoms with Gasteiger partial charge in [-0.15, -0.1) is 11.6 Å². The molecule has 1 aliphatic heterocycles. The first kappa shape index (κ1) is 19.4. The Kier molecular flexibility index (Phi) is 6.06. The first-order valence-corrected chi connectivity index (χ1v) is 9.93. The van der Waals surface area contributed by atoms with Gasteiger partial charge in [-0.1, -0.05) is 75.4 Å². The van der Waals surface area contributed by atoms with E-state index in [-0.39, 0.29) is 16.2 Å². The lowest BCUT2D eigenvalue weighted by Crippen LogP contribution is -2.52. The summed E-state index contributed by atoms with van der Waals surface area (Å²) >= 11 is 6.80. The normalized spacial score (nSPS) is 23.8. The molecular formula is C23H30ClNO. The van der Waals surface area contributed by atoms with E-state index >= 15 is 0 Å². The van der Waals surface area contributed by atoms with E-state index in [1.165, 1.54) is 16.7 Å². The molecule has 3 heteroatoms. The van der Waals surface area contributed by atoms with Crippen molar-refractivity contribution in [3.63, 3.8) is 0 Å². The van der Waals surface area contributed by atoms with Gasteiger partial charge in [0.1, 0.15) is 0 Å². The second-order valence-electron chi connectivity index (χ2n) is 8.39. The highest BCUT2D eigenvalue weighted by molar-refractivity contribution is 6.21. The van der Waals surface area contributed by atoms with E-state index in [9.17, 15) is 0 Å². The van der Waals surface area contributed by atoms with Crippen molar-refractivity contribution in [1.29, 1.82) is 0 Å². The average molecular weight is 372 g/mol. The minimum absolute atomic E-state index is 0.0274. The van der Waals surface area contributed by atoms with Crippen LogP contribution in [0.4, 0.5) is 0 Å². The van der Waals surface area contributed by atoms with E-state index in [2.05, 4.69) is 80.7 Å². The fraction of sp³-hybridized carbons (Fsp3) is 0.478. The van der Waals surface area contributed by atoms with E-state index in [1.807, 2.05) is 0 Å². The van der Waals surface area contributed by atoms with E-state index in [0.29, 0.717) is 13.2 Å². The molecule has 0 spiro atoms. The van der Waals surface area contributed by atoms with Crippen LogP contribution in [0.3, 0.4) is 0 Å². The molecule has 1 aliphatic rings. The van der Waals surface area contributed by atoms with Crippen molar-refractivity contribution in [1.82, 2.24) is 5.32 Å². The number of halogens is 1. The number of ether oxygens (including phenoxy) is 1. The second kappa shape index (κ2) is 8.12. The summed E-state index contributed by atoms with van der Waals surface area (Å²) in [6, 6.07) is 19.3. The molecule has 0 bridgehead atoms. The summed E-state index contributed by atoms with van der Waals surface area (Å²) in [7, 11) is 0. The van der Waals surface area contributed by atoms with Gasteiger partial charge in [-0.05, 0) is 35.1 Å². The van der Waals surface area contributed by atoms with E-state index in [1.54, 1.807) is 0 Å². The van der Waals surface area contributed by atoms with Crippen molar-refractivity contribution >= 4 is 11.6 Å². The molecule has 2 nitrogen and oxygen atoms in total. The van der Waals surface area contributed by atoms with Crippen LogP contribution in [0.1, 0.15) is 43.9 Å². The zero-order valence-electron chi connectivity index (χ0n) is 16.1. The van der Waals surface area contributed by atoms with Crippen LogP contribution in [0.15, 0.2) is 54.6 Å². The average Bonchev–Trinajstić information content (AvgIpc) is 2.64. The van der Waals surface area contributed by atoms with Gasteiger partial charge >= 0.3 is 0 Å². The standard InChI is InChI=1S/C23H30ClNO/c1-22(2,3)20-11-7-8-18(14-20)16-26-17-23(12-13-25-15-21(23)24)19-9-5-4-6-10-19/h4-11,14,21,25H,12-13,15-17H2,1-3H3. The molecule has 0 aliphatic carbocycles. The second-order valence-corrected chi connectivity index (χ2v) is 8.91. The van der Waals surface area contributed by atoms with Crippen molar-refractivity contribution in [2.24, 2.45) is 0 Å². The minimum Gasteiger partial charge on any atom is -0.376 e. The predicted octanol–water partition coefficient (Wildman–Crippen LogP) is 5.04. The summed E-state index contributed by atoms with van der Waals surface area (Å²) in [4.78, 5) is 0. The van der Waals surface area contributed by atoms with Crippen LogP contribution in [-0.4, -0.2) is 25.1 Å². The Morgan fingerprint density at radius 2 is 1.88 bits per heavy atom. The predicted molar refractivity (Wildman–Crippen MR) is 110 cm³/mol. The first-order chi connectivity index (χ1) is 12.4. The summed E-state index contributed by atoms with van der Waals surface area (Å²) in [6.07, 6.45) is 0.993. The monoisotopic (exact) mass is 371 g/mol. The molecule has 3 rings (SSSR count). The van der Waals surface area contributed by atoms with Crippen LogP contribution in [0.5, 0.6) is 0 Å². The molecule has 1 fully saturated rings. The highest BCUT2D eigenvalue weighted by Crippen LogP contribution is 2.37. The van der Waals surface area contributed by atoms with Crippen LogP contribution in [0.2, 0.25) is 0 Å². The molecular weight excluding hydrogens is 342 g/mol. The molecule has 0 amide bonds. The molecule has 1 saturated heterocycles. The van der Waals surface area contributed by atoms with Gasteiger partial charge in [0.2, 0.25) is 0 Å². The molecule has 2 aromatic carbocycles. The van der Waals surface area contributed by atoms with Gasteiger partial charge in [-0.25, -0.2) is 0 Å². The Labute approximate surface area is 162 Å². The Morgan fingerprint density at radius 3 is 2.58 bits per heavy atom. The Hall–Kier alpha value is -1.35. The van der Waals surface area contributed by atoms with Crippen LogP contribution in [0.25, 0.3) is 0 Å². The lowest BCUT2D eigenvalue weighted by Gasteiger charge is -2.42. The zero-order chi connectivity index (χ0) is 18.6. The number of hydrogen-bond donors (Lipinski definition) is 1. The largest absolute Gasteiger partial charge is 0.376 e. The van der Waals surface area contributed by atoms with Gasteiger partial charge in [0.25, 0.3) is 0 Å². The number of alkyl halides is 1. The molecule has 2 aromatic rings. The van der Waals surface area contributed by atoms with Gasteiger partial charge < -0.3 is 10.1 Å². The summed E-state index contributed by atoms with van der Waals surface area (Å²) in [5.74, 6) is 0. The maximum absolute atomic E-state index is 6.80. The van der Waals surface area contributed by atoms with Crippen LogP contribution in [-0.2, 0) is 22.2 Å². The number of rotatable bonds is 5. The fourth-order valence-corrected chi connectivity index (χ4v) is 4.12. The smallest absolute Gasteiger partial charge is 0.0717 e. The fourth-order valence-electron chi connectivity index (χ4n) is 3.71. The van der Waals surface area contributed by atoms with Crippen LogP contribution >= 0.6 is 11.6 Å². The van der Waals surface area contributed by atoms with Crippen LogP contribution < -0.4 is 5.32 Å². The summed E-state index contributed by atoms with van der Waals surface area (Å²) in [6.45, 7) is 9.78. The highest BCUT2D eigenvalue weighted by atomic mass is 35.5. The molecule has 0 saturated carbocycles. The Morgan fingerprint density at radius 1 is 1.12 bits per heavy atom. The maximum atomic E-state index is 6.80. The molecule has 2 atom stereocenters. The van der Waals surface area contributed by atoms with Crippen molar-refractivity contribution in [3.05, 3.63) is 71.3 Å². The maximum Gasteiger partial charge on any atom is 0.0717 e. The van der Waals surface area contributed by atoms with Crippen molar-refractivity contribution in [2.75, 3.05) is 19.7 Å². The number of piperidine rings is 1. The van der Waals surface area contributed by atoms with Crippen LogP contribution in [0, 0.1) is 0 Å². The molecule has 26 heavy (non-hydrogen) atoms. The highest BCUT2D eigenvalue weighted by Gasteiger charge is 2.41. The summed E-state index contributed by atoms with van der Waals surface area (Å²) in [5.41, 5.74) is 3.87. The van der Waals surface area contributed by atoms with Crippen molar-refractivity contribution < 1.29 is 4.74 Å². The zero-order valence-corrected chi connectivity index (χ0v) is 16.9. The third-order valence-electron chi connectivity index (χ3n) is 5.44. The van der Waals surface area contributed by atoms with Gasteiger partial charge in [0, 0.05) is 12.0 Å². The number of benzene rings is 2. The van der Waals surface area contributed by atoms with Crippen molar-refractivity contribution in [3.8, 4) is 0 Å². The molecule has 2 unspecified atom stereocenters. The molecule has 140 valence electrons. The molecule has 1 N–H and O–H groups in total. The summed E-state index contributed by atoms with van der Waals surface area (Å²) in [5, 5.41) is 3.43. The molecule has 0 radical (unpaired) electrons. The first-order valence-electron chi connectivity index (χ1n) is 9.49. The molecule has 0 aromatic heterocycles. The Balaban J connectivity index is 1.73. The van der Waals surface area contributed by atoms with E-state index in [0.717, 1.165) is 19.5 Å². The minimum atomic E-state index is -0.129. The van der Waals surface area contributed by atoms with E-state index in [4.69, 9.17) is 16.3 Å². The topological polar surface area (TPSA) is 21.3 Å².